The zero-order valence-corrected chi connectivity index (χ0v) is 9.88. The molecule has 1 aromatic carbocycles. The Labute approximate surface area is 96.7 Å². The minimum atomic E-state index is 0. The van der Waals surface area contributed by atoms with Crippen molar-refractivity contribution in [2.24, 2.45) is 0 Å². The molecule has 1 aliphatic rings. The van der Waals surface area contributed by atoms with Crippen LogP contribution in [0.1, 0.15) is 29.8 Å². The van der Waals surface area contributed by atoms with Crippen molar-refractivity contribution in [3.8, 4) is 0 Å². The molecular formula is C12H16ClNO. The molecule has 82 valence electrons. The summed E-state index contributed by atoms with van der Waals surface area (Å²) in [5.41, 5.74) is 2.07. The summed E-state index contributed by atoms with van der Waals surface area (Å²) in [4.78, 5) is 13.9. The lowest BCUT2D eigenvalue weighted by Gasteiger charge is -2.31. The van der Waals surface area contributed by atoms with Crippen LogP contribution in [0.5, 0.6) is 0 Å². The van der Waals surface area contributed by atoms with E-state index in [4.69, 9.17) is 0 Å². The number of halogens is 1. The third-order valence-corrected chi connectivity index (χ3v) is 2.75. The van der Waals surface area contributed by atoms with E-state index in [2.05, 4.69) is 13.8 Å². The minimum absolute atomic E-state index is 0. The van der Waals surface area contributed by atoms with E-state index in [0.717, 1.165) is 18.5 Å². The first-order chi connectivity index (χ1) is 6.70. The van der Waals surface area contributed by atoms with E-state index in [-0.39, 0.29) is 18.3 Å². The van der Waals surface area contributed by atoms with Gasteiger partial charge in [-0.15, -0.1) is 12.4 Å². The average Bonchev–Trinajstić information content (AvgIpc) is 2.18. The van der Waals surface area contributed by atoms with Gasteiger partial charge in [-0.05, 0) is 31.9 Å². The molecule has 2 rings (SSSR count). The molecule has 0 atom stereocenters. The highest BCUT2D eigenvalue weighted by Gasteiger charge is 2.25. The Bertz CT molecular complexity index is 362. The second-order valence-electron chi connectivity index (χ2n) is 4.00. The summed E-state index contributed by atoms with van der Waals surface area (Å²) in [6.45, 7) is 4.98. The molecule has 0 spiro atoms. The van der Waals surface area contributed by atoms with E-state index in [9.17, 15) is 4.79 Å². The van der Waals surface area contributed by atoms with Crippen LogP contribution in [-0.4, -0.2) is 23.4 Å². The molecule has 15 heavy (non-hydrogen) atoms. The lowest BCUT2D eigenvalue weighted by atomic mass is 9.98. The largest absolute Gasteiger partial charge is 0.336 e. The standard InChI is InChI=1S/C12H15NO.ClH/c1-9(2)13-8-7-10-5-3-4-6-11(10)12(13)14;/h3-6,9H,7-8H2,1-2H3;1H. The third kappa shape index (κ3) is 2.15. The fourth-order valence-electron chi connectivity index (χ4n) is 1.94. The highest BCUT2D eigenvalue weighted by molar-refractivity contribution is 5.96. The Morgan fingerprint density at radius 1 is 1.27 bits per heavy atom. The molecule has 0 saturated carbocycles. The number of hydrogen-bond donors (Lipinski definition) is 0. The molecule has 1 aliphatic heterocycles. The molecule has 0 saturated heterocycles. The van der Waals surface area contributed by atoms with Crippen molar-refractivity contribution in [2.45, 2.75) is 26.3 Å². The number of hydrogen-bond acceptors (Lipinski definition) is 1. The fraction of sp³-hybridized carbons (Fsp3) is 0.417. The van der Waals surface area contributed by atoms with Gasteiger partial charge in [-0.3, -0.25) is 4.79 Å². The second kappa shape index (κ2) is 4.67. The first-order valence-corrected chi connectivity index (χ1v) is 5.09. The molecule has 3 heteroatoms. The van der Waals surface area contributed by atoms with Gasteiger partial charge < -0.3 is 4.90 Å². The van der Waals surface area contributed by atoms with E-state index in [1.165, 1.54) is 5.56 Å². The van der Waals surface area contributed by atoms with E-state index in [1.54, 1.807) is 0 Å². The number of carbonyl (C=O) groups is 1. The van der Waals surface area contributed by atoms with E-state index in [1.807, 2.05) is 29.2 Å². The Morgan fingerprint density at radius 2 is 1.93 bits per heavy atom. The monoisotopic (exact) mass is 225 g/mol. The molecule has 1 amide bonds. The van der Waals surface area contributed by atoms with Gasteiger partial charge in [0.05, 0.1) is 0 Å². The Morgan fingerprint density at radius 3 is 2.60 bits per heavy atom. The van der Waals surface area contributed by atoms with Crippen molar-refractivity contribution in [3.63, 3.8) is 0 Å². The van der Waals surface area contributed by atoms with E-state index in [0.29, 0.717) is 6.04 Å². The summed E-state index contributed by atoms with van der Waals surface area (Å²) in [7, 11) is 0. The van der Waals surface area contributed by atoms with Gasteiger partial charge in [-0.25, -0.2) is 0 Å². The van der Waals surface area contributed by atoms with Crippen molar-refractivity contribution < 1.29 is 4.79 Å². The quantitative estimate of drug-likeness (QED) is 0.719. The Hall–Kier alpha value is -1.02. The fourth-order valence-corrected chi connectivity index (χ4v) is 1.94. The smallest absolute Gasteiger partial charge is 0.254 e. The molecule has 1 aromatic rings. The number of benzene rings is 1. The van der Waals surface area contributed by atoms with Crippen LogP contribution < -0.4 is 0 Å². The SMILES string of the molecule is CC(C)N1CCc2ccccc2C1=O.Cl. The number of carbonyl (C=O) groups excluding carboxylic acids is 1. The summed E-state index contributed by atoms with van der Waals surface area (Å²) in [5.74, 6) is 0.182. The highest BCUT2D eigenvalue weighted by Crippen LogP contribution is 2.19. The zero-order valence-electron chi connectivity index (χ0n) is 9.06. The maximum atomic E-state index is 12.0. The molecule has 0 unspecified atom stereocenters. The van der Waals surface area contributed by atoms with Crippen molar-refractivity contribution in [2.75, 3.05) is 6.54 Å². The lowest BCUT2D eigenvalue weighted by molar-refractivity contribution is 0.0688. The second-order valence-corrected chi connectivity index (χ2v) is 4.00. The first kappa shape index (κ1) is 12.1. The Balaban J connectivity index is 0.00000112. The van der Waals surface area contributed by atoms with Crippen LogP contribution in [0.3, 0.4) is 0 Å². The number of rotatable bonds is 1. The van der Waals surface area contributed by atoms with Gasteiger partial charge in [0.1, 0.15) is 0 Å². The normalized spacial score (nSPS) is 14.9. The summed E-state index contributed by atoms with van der Waals surface area (Å²) >= 11 is 0. The van der Waals surface area contributed by atoms with Gasteiger partial charge in [-0.2, -0.15) is 0 Å². The van der Waals surface area contributed by atoms with Gasteiger partial charge in [0.2, 0.25) is 0 Å². The summed E-state index contributed by atoms with van der Waals surface area (Å²) in [6, 6.07) is 8.20. The summed E-state index contributed by atoms with van der Waals surface area (Å²) < 4.78 is 0. The molecule has 2 nitrogen and oxygen atoms in total. The van der Waals surface area contributed by atoms with Gasteiger partial charge >= 0.3 is 0 Å². The first-order valence-electron chi connectivity index (χ1n) is 5.09. The van der Waals surface area contributed by atoms with Crippen LogP contribution in [0.2, 0.25) is 0 Å². The topological polar surface area (TPSA) is 20.3 Å². The van der Waals surface area contributed by atoms with Crippen molar-refractivity contribution in [1.29, 1.82) is 0 Å². The van der Waals surface area contributed by atoms with Crippen LogP contribution in [0.25, 0.3) is 0 Å². The maximum Gasteiger partial charge on any atom is 0.254 e. The van der Waals surface area contributed by atoms with Crippen LogP contribution >= 0.6 is 12.4 Å². The number of nitrogens with zero attached hydrogens (tertiary/aromatic N) is 1. The van der Waals surface area contributed by atoms with Gasteiger partial charge in [0, 0.05) is 18.2 Å². The molecule has 0 aliphatic carbocycles. The molecule has 0 fully saturated rings. The Kier molecular flexibility index (Phi) is 3.75. The third-order valence-electron chi connectivity index (χ3n) is 2.75. The molecule has 0 bridgehead atoms. The van der Waals surface area contributed by atoms with Crippen LogP contribution in [0, 0.1) is 0 Å². The maximum absolute atomic E-state index is 12.0. The van der Waals surface area contributed by atoms with Gasteiger partial charge in [0.15, 0.2) is 0 Å². The van der Waals surface area contributed by atoms with Crippen molar-refractivity contribution >= 4 is 18.3 Å². The van der Waals surface area contributed by atoms with Gasteiger partial charge in [-0.1, -0.05) is 18.2 Å². The molecule has 0 N–H and O–H groups in total. The van der Waals surface area contributed by atoms with Crippen molar-refractivity contribution in [3.05, 3.63) is 35.4 Å². The molecule has 0 radical (unpaired) electrons. The number of amides is 1. The van der Waals surface area contributed by atoms with Gasteiger partial charge in [0.25, 0.3) is 5.91 Å². The van der Waals surface area contributed by atoms with E-state index < -0.39 is 0 Å². The van der Waals surface area contributed by atoms with E-state index >= 15 is 0 Å². The average molecular weight is 226 g/mol. The predicted octanol–water partition coefficient (Wildman–Crippen LogP) is 2.52. The van der Waals surface area contributed by atoms with Crippen molar-refractivity contribution in [1.82, 2.24) is 4.90 Å². The highest BCUT2D eigenvalue weighted by atomic mass is 35.5. The molecule has 0 aromatic heterocycles. The minimum Gasteiger partial charge on any atom is -0.336 e. The van der Waals surface area contributed by atoms with Crippen LogP contribution in [0.15, 0.2) is 24.3 Å². The van der Waals surface area contributed by atoms with Crippen LogP contribution in [0.4, 0.5) is 0 Å². The predicted molar refractivity (Wildman–Crippen MR) is 63.6 cm³/mol. The summed E-state index contributed by atoms with van der Waals surface area (Å²) in [6.07, 6.45) is 0.986. The lowest BCUT2D eigenvalue weighted by Crippen LogP contribution is -2.41. The zero-order chi connectivity index (χ0) is 10.1. The molecular weight excluding hydrogens is 210 g/mol. The summed E-state index contributed by atoms with van der Waals surface area (Å²) in [5, 5.41) is 0. The molecule has 1 heterocycles. The van der Waals surface area contributed by atoms with Crippen LogP contribution in [-0.2, 0) is 6.42 Å². The number of fused-ring (bicyclic) bond motifs is 1.